The van der Waals surface area contributed by atoms with Gasteiger partial charge in [-0.3, -0.25) is 0 Å². The highest BCUT2D eigenvalue weighted by Gasteiger charge is 2.30. The highest BCUT2D eigenvalue weighted by Crippen LogP contribution is 2.36. The summed E-state index contributed by atoms with van der Waals surface area (Å²) in [5, 5.41) is 3.69. The summed E-state index contributed by atoms with van der Waals surface area (Å²) in [6, 6.07) is 0.729. The first-order valence-electron chi connectivity index (χ1n) is 6.38. The molecule has 0 aromatic heterocycles. The molecule has 1 aliphatic carbocycles. The first-order valence-corrected chi connectivity index (χ1v) is 6.38. The molecule has 90 valence electrons. The molecule has 2 nitrogen and oxygen atoms in total. The Kier molecular flexibility index (Phi) is 4.60. The monoisotopic (exact) mass is 212 g/mol. The smallest absolute Gasteiger partial charge is 0.00724 e. The van der Waals surface area contributed by atoms with Crippen molar-refractivity contribution in [2.45, 2.75) is 53.0 Å². The van der Waals surface area contributed by atoms with Crippen LogP contribution in [0.4, 0.5) is 0 Å². The SMILES string of the molecule is CC(C)C(CN)CNC1CCC(C)(C)C1. The Hall–Kier alpha value is -0.0800. The van der Waals surface area contributed by atoms with Crippen molar-refractivity contribution in [3.8, 4) is 0 Å². The number of hydrogen-bond donors (Lipinski definition) is 2. The fraction of sp³-hybridized carbons (Fsp3) is 1.00. The van der Waals surface area contributed by atoms with Crippen LogP contribution in [0.1, 0.15) is 47.0 Å². The fourth-order valence-electron chi connectivity index (χ4n) is 2.52. The Morgan fingerprint density at radius 3 is 2.47 bits per heavy atom. The first-order chi connectivity index (χ1) is 6.94. The molecule has 15 heavy (non-hydrogen) atoms. The molecule has 1 saturated carbocycles. The van der Waals surface area contributed by atoms with Gasteiger partial charge in [-0.15, -0.1) is 0 Å². The van der Waals surface area contributed by atoms with Gasteiger partial charge in [0, 0.05) is 6.04 Å². The predicted octanol–water partition coefficient (Wildman–Crippen LogP) is 2.39. The van der Waals surface area contributed by atoms with E-state index in [1.807, 2.05) is 0 Å². The van der Waals surface area contributed by atoms with Crippen LogP contribution in [0.25, 0.3) is 0 Å². The second-order valence-corrected chi connectivity index (χ2v) is 6.25. The van der Waals surface area contributed by atoms with Crippen LogP contribution in [-0.4, -0.2) is 19.1 Å². The van der Waals surface area contributed by atoms with E-state index < -0.39 is 0 Å². The van der Waals surface area contributed by atoms with Crippen LogP contribution in [0.15, 0.2) is 0 Å². The molecule has 0 aromatic rings. The van der Waals surface area contributed by atoms with Crippen LogP contribution in [-0.2, 0) is 0 Å². The topological polar surface area (TPSA) is 38.0 Å². The van der Waals surface area contributed by atoms with Crippen molar-refractivity contribution in [1.29, 1.82) is 0 Å². The summed E-state index contributed by atoms with van der Waals surface area (Å²) in [4.78, 5) is 0. The van der Waals surface area contributed by atoms with Crippen LogP contribution >= 0.6 is 0 Å². The summed E-state index contributed by atoms with van der Waals surface area (Å²) >= 11 is 0. The standard InChI is InChI=1S/C13H28N2/c1-10(2)11(8-14)9-15-12-5-6-13(3,4)7-12/h10-12,15H,5-9,14H2,1-4H3. The Balaban J connectivity index is 2.26. The molecule has 2 atom stereocenters. The van der Waals surface area contributed by atoms with E-state index in [2.05, 4.69) is 33.0 Å². The first kappa shape index (κ1) is 13.0. The van der Waals surface area contributed by atoms with Crippen molar-refractivity contribution in [2.75, 3.05) is 13.1 Å². The average Bonchev–Trinajstić information content (AvgIpc) is 2.46. The van der Waals surface area contributed by atoms with E-state index in [0.29, 0.717) is 17.3 Å². The number of nitrogens with one attached hydrogen (secondary N) is 1. The Morgan fingerprint density at radius 2 is 2.07 bits per heavy atom. The minimum atomic E-state index is 0.549. The van der Waals surface area contributed by atoms with Crippen LogP contribution in [0, 0.1) is 17.3 Å². The Morgan fingerprint density at radius 1 is 1.40 bits per heavy atom. The van der Waals surface area contributed by atoms with Gasteiger partial charge in [0.25, 0.3) is 0 Å². The fourth-order valence-corrected chi connectivity index (χ4v) is 2.52. The van der Waals surface area contributed by atoms with Gasteiger partial charge in [-0.1, -0.05) is 27.7 Å². The van der Waals surface area contributed by atoms with Crippen LogP contribution in [0.3, 0.4) is 0 Å². The molecule has 1 fully saturated rings. The zero-order chi connectivity index (χ0) is 11.5. The summed E-state index contributed by atoms with van der Waals surface area (Å²) < 4.78 is 0. The number of nitrogens with two attached hydrogens (primary N) is 1. The van der Waals surface area contributed by atoms with Gasteiger partial charge in [0.1, 0.15) is 0 Å². The lowest BCUT2D eigenvalue weighted by atomic mass is 9.91. The maximum Gasteiger partial charge on any atom is 0.00724 e. The van der Waals surface area contributed by atoms with Gasteiger partial charge in [0.05, 0.1) is 0 Å². The van der Waals surface area contributed by atoms with Gasteiger partial charge >= 0.3 is 0 Å². The lowest BCUT2D eigenvalue weighted by molar-refractivity contribution is 0.330. The van der Waals surface area contributed by atoms with Crippen LogP contribution in [0.5, 0.6) is 0 Å². The number of hydrogen-bond acceptors (Lipinski definition) is 2. The summed E-state index contributed by atoms with van der Waals surface area (Å²) in [6.45, 7) is 11.2. The van der Waals surface area contributed by atoms with E-state index in [9.17, 15) is 0 Å². The number of rotatable bonds is 5. The predicted molar refractivity (Wildman–Crippen MR) is 66.8 cm³/mol. The van der Waals surface area contributed by atoms with Gasteiger partial charge in [-0.25, -0.2) is 0 Å². The Labute approximate surface area is 95.0 Å². The molecular weight excluding hydrogens is 184 g/mol. The Bertz CT molecular complexity index is 187. The van der Waals surface area contributed by atoms with Gasteiger partial charge < -0.3 is 11.1 Å². The second-order valence-electron chi connectivity index (χ2n) is 6.25. The minimum Gasteiger partial charge on any atom is -0.330 e. The van der Waals surface area contributed by atoms with Gasteiger partial charge in [0.15, 0.2) is 0 Å². The average molecular weight is 212 g/mol. The molecule has 0 bridgehead atoms. The highest BCUT2D eigenvalue weighted by atomic mass is 14.9. The van der Waals surface area contributed by atoms with Crippen molar-refractivity contribution in [1.82, 2.24) is 5.32 Å². The zero-order valence-electron chi connectivity index (χ0n) is 10.8. The molecule has 1 rings (SSSR count). The summed E-state index contributed by atoms with van der Waals surface area (Å²) in [5.41, 5.74) is 6.32. The molecule has 0 spiro atoms. The third-order valence-corrected chi connectivity index (χ3v) is 3.88. The normalized spacial score (nSPS) is 27.2. The molecule has 1 aliphatic rings. The maximum absolute atomic E-state index is 5.77. The van der Waals surface area contributed by atoms with Crippen molar-refractivity contribution in [3.05, 3.63) is 0 Å². The molecule has 2 unspecified atom stereocenters. The molecular formula is C13H28N2. The van der Waals surface area contributed by atoms with Gasteiger partial charge in [-0.2, -0.15) is 0 Å². The van der Waals surface area contributed by atoms with Gasteiger partial charge in [0.2, 0.25) is 0 Å². The van der Waals surface area contributed by atoms with Crippen molar-refractivity contribution in [3.63, 3.8) is 0 Å². The molecule has 3 N–H and O–H groups in total. The molecule has 0 heterocycles. The van der Waals surface area contributed by atoms with E-state index in [4.69, 9.17) is 5.73 Å². The molecule has 0 aliphatic heterocycles. The highest BCUT2D eigenvalue weighted by molar-refractivity contribution is 4.86. The molecule has 0 amide bonds. The molecule has 0 saturated heterocycles. The molecule has 0 radical (unpaired) electrons. The van der Waals surface area contributed by atoms with Crippen LogP contribution < -0.4 is 11.1 Å². The van der Waals surface area contributed by atoms with Crippen LogP contribution in [0.2, 0.25) is 0 Å². The summed E-state index contributed by atoms with van der Waals surface area (Å²) in [5.74, 6) is 1.32. The minimum absolute atomic E-state index is 0.549. The molecule has 0 aromatic carbocycles. The summed E-state index contributed by atoms with van der Waals surface area (Å²) in [7, 11) is 0. The van der Waals surface area contributed by atoms with E-state index in [-0.39, 0.29) is 0 Å². The van der Waals surface area contributed by atoms with Crippen molar-refractivity contribution in [2.24, 2.45) is 23.0 Å². The van der Waals surface area contributed by atoms with Crippen molar-refractivity contribution >= 4 is 0 Å². The van der Waals surface area contributed by atoms with Gasteiger partial charge in [-0.05, 0) is 49.6 Å². The molecule has 2 heteroatoms. The second kappa shape index (κ2) is 5.31. The van der Waals surface area contributed by atoms with E-state index in [1.165, 1.54) is 19.3 Å². The van der Waals surface area contributed by atoms with E-state index >= 15 is 0 Å². The third-order valence-electron chi connectivity index (χ3n) is 3.88. The largest absolute Gasteiger partial charge is 0.330 e. The zero-order valence-corrected chi connectivity index (χ0v) is 10.8. The lowest BCUT2D eigenvalue weighted by Crippen LogP contribution is -2.37. The van der Waals surface area contributed by atoms with E-state index in [1.54, 1.807) is 0 Å². The summed E-state index contributed by atoms with van der Waals surface area (Å²) in [6.07, 6.45) is 4.02. The van der Waals surface area contributed by atoms with Crippen molar-refractivity contribution < 1.29 is 0 Å². The maximum atomic E-state index is 5.77. The lowest BCUT2D eigenvalue weighted by Gasteiger charge is -2.23. The third kappa shape index (κ3) is 4.12. The van der Waals surface area contributed by atoms with E-state index in [0.717, 1.165) is 19.1 Å². The quantitative estimate of drug-likeness (QED) is 0.734.